The maximum atomic E-state index is 11.1. The lowest BCUT2D eigenvalue weighted by atomic mass is 10.1. The Morgan fingerprint density at radius 3 is 2.72 bits per heavy atom. The molecule has 0 saturated carbocycles. The van der Waals surface area contributed by atoms with Crippen molar-refractivity contribution in [1.82, 2.24) is 0 Å². The van der Waals surface area contributed by atoms with Crippen molar-refractivity contribution in [2.75, 3.05) is 5.32 Å². The van der Waals surface area contributed by atoms with Gasteiger partial charge in [-0.15, -0.1) is 0 Å². The first-order valence-electron chi connectivity index (χ1n) is 7.56. The molecule has 0 amide bonds. The molecule has 0 spiro atoms. The minimum absolute atomic E-state index is 0.178. The smallest absolute Gasteiger partial charge is 0.335 e. The maximum Gasteiger partial charge on any atom is 0.335 e. The molecule has 1 heterocycles. The van der Waals surface area contributed by atoms with Gasteiger partial charge >= 0.3 is 5.97 Å². The zero-order chi connectivity index (χ0) is 18.0. The first-order valence-corrected chi connectivity index (χ1v) is 8.73. The van der Waals surface area contributed by atoms with E-state index in [1.165, 1.54) is 12.1 Å². The van der Waals surface area contributed by atoms with Crippen LogP contribution in [0.4, 0.5) is 5.69 Å². The highest BCUT2D eigenvalue weighted by Crippen LogP contribution is 2.29. The number of hydrogen-bond acceptors (Lipinski definition) is 3. The molecule has 0 aliphatic heterocycles. The third kappa shape index (κ3) is 4.06. The second-order valence-electron chi connectivity index (χ2n) is 5.58. The average molecular weight is 421 g/mol. The second-order valence-corrected chi connectivity index (χ2v) is 6.90. The number of carbonyl (C=O) groups is 1. The van der Waals surface area contributed by atoms with Crippen LogP contribution < -0.4 is 5.32 Å². The van der Waals surface area contributed by atoms with Gasteiger partial charge in [-0.05, 0) is 61.0 Å². The number of rotatable bonds is 5. The molecular weight excluding hydrogens is 406 g/mol. The van der Waals surface area contributed by atoms with Gasteiger partial charge < -0.3 is 14.8 Å². The fraction of sp³-hybridized carbons (Fsp3) is 0.105. The summed E-state index contributed by atoms with van der Waals surface area (Å²) in [5, 5.41) is 12.6. The van der Waals surface area contributed by atoms with Crippen molar-refractivity contribution in [3.8, 4) is 11.3 Å². The third-order valence-electron chi connectivity index (χ3n) is 3.78. The van der Waals surface area contributed by atoms with Gasteiger partial charge in [-0.3, -0.25) is 0 Å². The first-order chi connectivity index (χ1) is 11.9. The molecule has 3 aromatic rings. The number of furan rings is 1. The van der Waals surface area contributed by atoms with Crippen molar-refractivity contribution < 1.29 is 14.3 Å². The van der Waals surface area contributed by atoms with E-state index in [9.17, 15) is 4.79 Å². The molecule has 0 unspecified atom stereocenters. The molecule has 2 aromatic carbocycles. The highest BCUT2D eigenvalue weighted by Gasteiger charge is 2.10. The fourth-order valence-electron chi connectivity index (χ4n) is 2.50. The van der Waals surface area contributed by atoms with Gasteiger partial charge in [-0.25, -0.2) is 4.79 Å². The zero-order valence-electron chi connectivity index (χ0n) is 13.3. The number of benzene rings is 2. The van der Waals surface area contributed by atoms with Gasteiger partial charge in [0.25, 0.3) is 0 Å². The summed E-state index contributed by atoms with van der Waals surface area (Å²) in [7, 11) is 0. The quantitative estimate of drug-likeness (QED) is 0.533. The van der Waals surface area contributed by atoms with E-state index in [2.05, 4.69) is 21.2 Å². The van der Waals surface area contributed by atoms with Gasteiger partial charge in [0.1, 0.15) is 11.5 Å². The summed E-state index contributed by atoms with van der Waals surface area (Å²) in [6.45, 7) is 2.43. The van der Waals surface area contributed by atoms with Crippen LogP contribution in [0.2, 0.25) is 5.02 Å². The molecular formula is C19H15BrClNO3. The standard InChI is InChI=1S/C19H15BrClNO3/c1-11-8-13(20)3-5-15(11)18-7-4-14(25-18)10-22-17-9-12(19(23)24)2-6-16(17)21/h2-9,22H,10H2,1H3,(H,23,24). The van der Waals surface area contributed by atoms with E-state index in [1.807, 2.05) is 37.3 Å². The lowest BCUT2D eigenvalue weighted by molar-refractivity contribution is 0.0697. The summed E-state index contributed by atoms with van der Waals surface area (Å²) in [5.74, 6) is 0.520. The average Bonchev–Trinajstić information content (AvgIpc) is 3.02. The Hall–Kier alpha value is -2.24. The van der Waals surface area contributed by atoms with E-state index in [0.29, 0.717) is 17.3 Å². The summed E-state index contributed by atoms with van der Waals surface area (Å²) in [6.07, 6.45) is 0. The minimum Gasteiger partial charge on any atom is -0.478 e. The number of aromatic carboxylic acids is 1. The van der Waals surface area contributed by atoms with Crippen LogP contribution in [0.1, 0.15) is 21.7 Å². The largest absolute Gasteiger partial charge is 0.478 e. The molecule has 0 atom stereocenters. The molecule has 0 saturated heterocycles. The van der Waals surface area contributed by atoms with Gasteiger partial charge in [-0.1, -0.05) is 27.5 Å². The maximum absolute atomic E-state index is 11.1. The zero-order valence-corrected chi connectivity index (χ0v) is 15.7. The highest BCUT2D eigenvalue weighted by atomic mass is 79.9. The van der Waals surface area contributed by atoms with E-state index in [0.717, 1.165) is 27.1 Å². The molecule has 0 radical (unpaired) electrons. The summed E-state index contributed by atoms with van der Waals surface area (Å²) in [5.41, 5.74) is 2.87. The van der Waals surface area contributed by atoms with Crippen molar-refractivity contribution in [2.45, 2.75) is 13.5 Å². The van der Waals surface area contributed by atoms with Gasteiger partial charge in [-0.2, -0.15) is 0 Å². The van der Waals surface area contributed by atoms with E-state index in [4.69, 9.17) is 21.1 Å². The summed E-state index contributed by atoms with van der Waals surface area (Å²) < 4.78 is 6.92. The van der Waals surface area contributed by atoms with Crippen molar-refractivity contribution in [2.24, 2.45) is 0 Å². The third-order valence-corrected chi connectivity index (χ3v) is 4.60. The molecule has 4 nitrogen and oxygen atoms in total. The Labute approximate surface area is 158 Å². The Morgan fingerprint density at radius 1 is 1.20 bits per heavy atom. The Balaban J connectivity index is 1.76. The molecule has 128 valence electrons. The molecule has 6 heteroatoms. The van der Waals surface area contributed by atoms with Crippen LogP contribution in [-0.4, -0.2) is 11.1 Å². The van der Waals surface area contributed by atoms with E-state index in [1.54, 1.807) is 6.07 Å². The lowest BCUT2D eigenvalue weighted by Gasteiger charge is -2.08. The summed E-state index contributed by atoms with van der Waals surface area (Å²) in [4.78, 5) is 11.1. The topological polar surface area (TPSA) is 62.5 Å². The van der Waals surface area contributed by atoms with Crippen molar-refractivity contribution >= 4 is 39.2 Å². The number of anilines is 1. The molecule has 1 aromatic heterocycles. The van der Waals surface area contributed by atoms with Crippen LogP contribution in [0.3, 0.4) is 0 Å². The Kier molecular flexibility index (Phi) is 5.16. The summed E-state index contributed by atoms with van der Waals surface area (Å²) in [6, 6.07) is 14.4. The number of nitrogens with one attached hydrogen (secondary N) is 1. The van der Waals surface area contributed by atoms with Gasteiger partial charge in [0.05, 0.1) is 22.8 Å². The van der Waals surface area contributed by atoms with Crippen LogP contribution in [-0.2, 0) is 6.54 Å². The number of carboxylic acids is 1. The Morgan fingerprint density at radius 2 is 2.00 bits per heavy atom. The van der Waals surface area contributed by atoms with Gasteiger partial charge in [0, 0.05) is 10.0 Å². The second kappa shape index (κ2) is 7.33. The molecule has 25 heavy (non-hydrogen) atoms. The van der Waals surface area contributed by atoms with Gasteiger partial charge in [0.2, 0.25) is 0 Å². The monoisotopic (exact) mass is 419 g/mol. The van der Waals surface area contributed by atoms with Crippen LogP contribution >= 0.6 is 27.5 Å². The van der Waals surface area contributed by atoms with Crippen LogP contribution in [0.25, 0.3) is 11.3 Å². The predicted molar refractivity (Wildman–Crippen MR) is 102 cm³/mol. The highest BCUT2D eigenvalue weighted by molar-refractivity contribution is 9.10. The lowest BCUT2D eigenvalue weighted by Crippen LogP contribution is -2.02. The number of aryl methyl sites for hydroxylation is 1. The van der Waals surface area contributed by atoms with E-state index < -0.39 is 5.97 Å². The normalized spacial score (nSPS) is 10.7. The van der Waals surface area contributed by atoms with Crippen LogP contribution in [0, 0.1) is 6.92 Å². The van der Waals surface area contributed by atoms with Crippen LogP contribution in [0.5, 0.6) is 0 Å². The minimum atomic E-state index is -0.995. The molecule has 3 rings (SSSR count). The molecule has 0 bridgehead atoms. The molecule has 0 aliphatic carbocycles. The molecule has 0 fully saturated rings. The number of carboxylic acid groups (broad SMARTS) is 1. The van der Waals surface area contributed by atoms with Crippen LogP contribution in [0.15, 0.2) is 57.4 Å². The predicted octanol–water partition coefficient (Wildman–Crippen LogP) is 5.98. The number of hydrogen-bond donors (Lipinski definition) is 2. The van der Waals surface area contributed by atoms with E-state index >= 15 is 0 Å². The van der Waals surface area contributed by atoms with Gasteiger partial charge in [0.15, 0.2) is 0 Å². The van der Waals surface area contributed by atoms with E-state index in [-0.39, 0.29) is 5.56 Å². The summed E-state index contributed by atoms with van der Waals surface area (Å²) >= 11 is 9.57. The fourth-order valence-corrected chi connectivity index (χ4v) is 3.16. The van der Waals surface area contributed by atoms with Crippen molar-refractivity contribution in [1.29, 1.82) is 0 Å². The first kappa shape index (κ1) is 17.6. The molecule has 2 N–H and O–H groups in total. The van der Waals surface area contributed by atoms with Crippen molar-refractivity contribution in [3.63, 3.8) is 0 Å². The SMILES string of the molecule is Cc1cc(Br)ccc1-c1ccc(CNc2cc(C(=O)O)ccc2Cl)o1. The van der Waals surface area contributed by atoms with Crippen molar-refractivity contribution in [3.05, 3.63) is 74.9 Å². The Bertz CT molecular complexity index is 936. The molecule has 0 aliphatic rings. The number of halogens is 2.